The van der Waals surface area contributed by atoms with Crippen molar-refractivity contribution in [3.63, 3.8) is 0 Å². The number of piperidine rings is 1. The van der Waals surface area contributed by atoms with Gasteiger partial charge >= 0.3 is 6.09 Å². The van der Waals surface area contributed by atoms with Gasteiger partial charge in [0.1, 0.15) is 0 Å². The second-order valence-corrected chi connectivity index (χ2v) is 6.91. The zero-order valence-corrected chi connectivity index (χ0v) is 16.7. The lowest BCUT2D eigenvalue weighted by Crippen LogP contribution is -2.49. The van der Waals surface area contributed by atoms with Crippen molar-refractivity contribution in [2.75, 3.05) is 26.7 Å². The Bertz CT molecular complexity index is 626. The molecular formula is C20H32N4O2. The van der Waals surface area contributed by atoms with Gasteiger partial charge in [-0.2, -0.15) is 0 Å². The van der Waals surface area contributed by atoms with Crippen LogP contribution in [0.2, 0.25) is 0 Å². The number of aryl methyl sites for hydroxylation is 3. The highest BCUT2D eigenvalue weighted by Crippen LogP contribution is 2.16. The lowest BCUT2D eigenvalue weighted by molar-refractivity contribution is 0.0963. The van der Waals surface area contributed by atoms with Gasteiger partial charge in [0.25, 0.3) is 0 Å². The Hall–Kier alpha value is -2.24. The summed E-state index contributed by atoms with van der Waals surface area (Å²) in [5, 5.41) is 6.90. The van der Waals surface area contributed by atoms with Gasteiger partial charge in [-0.05, 0) is 57.2 Å². The topological polar surface area (TPSA) is 66.0 Å². The highest BCUT2D eigenvalue weighted by Gasteiger charge is 2.24. The van der Waals surface area contributed by atoms with Crippen LogP contribution in [-0.2, 0) is 11.3 Å². The maximum absolute atomic E-state index is 11.8. The summed E-state index contributed by atoms with van der Waals surface area (Å²) < 4.78 is 5.07. The Balaban J connectivity index is 1.85. The predicted octanol–water partition coefficient (Wildman–Crippen LogP) is 2.90. The molecule has 6 heteroatoms. The number of aliphatic imine (C=N–C) groups is 1. The number of ether oxygens (including phenoxy) is 1. The van der Waals surface area contributed by atoms with E-state index in [1.807, 2.05) is 6.92 Å². The van der Waals surface area contributed by atoms with Crippen molar-refractivity contribution in [1.29, 1.82) is 0 Å². The van der Waals surface area contributed by atoms with Crippen molar-refractivity contribution in [2.45, 2.75) is 53.1 Å². The van der Waals surface area contributed by atoms with Crippen molar-refractivity contribution in [1.82, 2.24) is 15.5 Å². The molecule has 0 atom stereocenters. The zero-order chi connectivity index (χ0) is 19.1. The summed E-state index contributed by atoms with van der Waals surface area (Å²) in [6, 6.07) is 4.74. The van der Waals surface area contributed by atoms with Gasteiger partial charge < -0.3 is 20.3 Å². The minimum atomic E-state index is -0.209. The molecule has 1 aliphatic heterocycles. The SMILES string of the molecule is CCOC(=O)N1CCC(NC(=NC)NCc2c(C)cc(C)cc2C)CC1. The molecule has 0 radical (unpaired) electrons. The van der Waals surface area contributed by atoms with Gasteiger partial charge in [0.15, 0.2) is 5.96 Å². The molecule has 0 aromatic heterocycles. The van der Waals surface area contributed by atoms with E-state index in [2.05, 4.69) is 48.5 Å². The van der Waals surface area contributed by atoms with Crippen LogP contribution >= 0.6 is 0 Å². The molecule has 1 fully saturated rings. The van der Waals surface area contributed by atoms with Crippen molar-refractivity contribution in [2.24, 2.45) is 4.99 Å². The van der Waals surface area contributed by atoms with E-state index in [0.717, 1.165) is 25.3 Å². The second-order valence-electron chi connectivity index (χ2n) is 6.91. The fraction of sp³-hybridized carbons (Fsp3) is 0.600. The third-order valence-electron chi connectivity index (χ3n) is 4.86. The molecule has 1 saturated heterocycles. The molecule has 2 rings (SSSR count). The predicted molar refractivity (Wildman–Crippen MR) is 106 cm³/mol. The number of hydrogen-bond donors (Lipinski definition) is 2. The van der Waals surface area contributed by atoms with E-state index in [1.165, 1.54) is 22.3 Å². The lowest BCUT2D eigenvalue weighted by Gasteiger charge is -2.32. The molecule has 0 bridgehead atoms. The average Bonchev–Trinajstić information content (AvgIpc) is 2.60. The number of rotatable bonds is 4. The quantitative estimate of drug-likeness (QED) is 0.640. The summed E-state index contributed by atoms with van der Waals surface area (Å²) in [7, 11) is 1.79. The molecule has 2 N–H and O–H groups in total. The van der Waals surface area contributed by atoms with E-state index in [1.54, 1.807) is 11.9 Å². The van der Waals surface area contributed by atoms with Crippen LogP contribution in [0, 0.1) is 20.8 Å². The maximum atomic E-state index is 11.8. The molecule has 6 nitrogen and oxygen atoms in total. The molecule has 0 unspecified atom stereocenters. The van der Waals surface area contributed by atoms with Crippen LogP contribution in [0.1, 0.15) is 42.0 Å². The van der Waals surface area contributed by atoms with Crippen molar-refractivity contribution in [3.05, 3.63) is 34.4 Å². The van der Waals surface area contributed by atoms with E-state index in [0.29, 0.717) is 25.7 Å². The van der Waals surface area contributed by atoms with E-state index in [-0.39, 0.29) is 6.09 Å². The average molecular weight is 361 g/mol. The number of likely N-dealkylation sites (tertiary alicyclic amines) is 1. The van der Waals surface area contributed by atoms with Gasteiger partial charge in [0.05, 0.1) is 6.61 Å². The molecule has 26 heavy (non-hydrogen) atoms. The molecule has 1 aliphatic rings. The van der Waals surface area contributed by atoms with Gasteiger partial charge in [0.2, 0.25) is 0 Å². The van der Waals surface area contributed by atoms with Gasteiger partial charge in [0, 0.05) is 32.7 Å². The van der Waals surface area contributed by atoms with Crippen LogP contribution in [0.4, 0.5) is 4.79 Å². The van der Waals surface area contributed by atoms with Gasteiger partial charge in [-0.25, -0.2) is 4.79 Å². The third-order valence-corrected chi connectivity index (χ3v) is 4.86. The Labute approximate surface area is 157 Å². The smallest absolute Gasteiger partial charge is 0.409 e. The molecule has 0 spiro atoms. The Morgan fingerprint density at radius 1 is 1.23 bits per heavy atom. The number of carbonyl (C=O) groups is 1. The van der Waals surface area contributed by atoms with Crippen molar-refractivity contribution < 1.29 is 9.53 Å². The Morgan fingerprint density at radius 3 is 2.38 bits per heavy atom. The Kier molecular flexibility index (Phi) is 7.30. The molecule has 0 aliphatic carbocycles. The van der Waals surface area contributed by atoms with Crippen molar-refractivity contribution in [3.8, 4) is 0 Å². The number of guanidine groups is 1. The Morgan fingerprint density at radius 2 is 1.85 bits per heavy atom. The third kappa shape index (κ3) is 5.38. The first-order valence-corrected chi connectivity index (χ1v) is 9.40. The highest BCUT2D eigenvalue weighted by molar-refractivity contribution is 5.80. The molecule has 1 aromatic rings. The van der Waals surface area contributed by atoms with Crippen LogP contribution in [0.25, 0.3) is 0 Å². The molecular weight excluding hydrogens is 328 g/mol. The van der Waals surface area contributed by atoms with Gasteiger partial charge in [-0.15, -0.1) is 0 Å². The summed E-state index contributed by atoms with van der Waals surface area (Å²) >= 11 is 0. The van der Waals surface area contributed by atoms with E-state index in [4.69, 9.17) is 4.74 Å². The second kappa shape index (κ2) is 9.46. The molecule has 0 saturated carbocycles. The number of hydrogen-bond acceptors (Lipinski definition) is 3. The zero-order valence-electron chi connectivity index (χ0n) is 16.7. The normalized spacial score (nSPS) is 15.7. The van der Waals surface area contributed by atoms with Crippen LogP contribution in [0.5, 0.6) is 0 Å². The first kappa shape index (κ1) is 20.1. The number of nitrogens with zero attached hydrogens (tertiary/aromatic N) is 2. The molecule has 144 valence electrons. The summed E-state index contributed by atoms with van der Waals surface area (Å²) in [5.41, 5.74) is 5.21. The standard InChI is InChI=1S/C20H32N4O2/c1-6-26-20(25)24-9-7-17(8-10-24)23-19(21-5)22-13-18-15(3)11-14(2)12-16(18)4/h11-12,17H,6-10,13H2,1-5H3,(H2,21,22,23). The minimum Gasteiger partial charge on any atom is -0.450 e. The van der Waals surface area contributed by atoms with E-state index < -0.39 is 0 Å². The molecule has 1 amide bonds. The van der Waals surface area contributed by atoms with Crippen molar-refractivity contribution >= 4 is 12.1 Å². The summed E-state index contributed by atoms with van der Waals surface area (Å²) in [5.74, 6) is 0.805. The lowest BCUT2D eigenvalue weighted by atomic mass is 10.00. The van der Waals surface area contributed by atoms with Crippen LogP contribution < -0.4 is 10.6 Å². The largest absolute Gasteiger partial charge is 0.450 e. The summed E-state index contributed by atoms with van der Waals surface area (Å²) in [6.45, 7) is 10.9. The minimum absolute atomic E-state index is 0.209. The monoisotopic (exact) mass is 360 g/mol. The van der Waals surface area contributed by atoms with Gasteiger partial charge in [-0.3, -0.25) is 4.99 Å². The highest BCUT2D eigenvalue weighted by atomic mass is 16.6. The number of benzene rings is 1. The fourth-order valence-corrected chi connectivity index (χ4v) is 3.47. The summed E-state index contributed by atoms with van der Waals surface area (Å²) in [4.78, 5) is 17.9. The number of carbonyl (C=O) groups excluding carboxylic acids is 1. The fourth-order valence-electron chi connectivity index (χ4n) is 3.47. The molecule has 1 heterocycles. The molecule has 1 aromatic carbocycles. The van der Waals surface area contributed by atoms with Crippen LogP contribution in [-0.4, -0.2) is 49.7 Å². The number of nitrogens with one attached hydrogen (secondary N) is 2. The summed E-state index contributed by atoms with van der Waals surface area (Å²) in [6.07, 6.45) is 1.57. The van der Waals surface area contributed by atoms with Crippen LogP contribution in [0.15, 0.2) is 17.1 Å². The van der Waals surface area contributed by atoms with E-state index >= 15 is 0 Å². The maximum Gasteiger partial charge on any atom is 0.409 e. The first-order chi connectivity index (χ1) is 12.4. The van der Waals surface area contributed by atoms with Crippen LogP contribution in [0.3, 0.4) is 0 Å². The first-order valence-electron chi connectivity index (χ1n) is 9.40. The number of amides is 1. The van der Waals surface area contributed by atoms with E-state index in [9.17, 15) is 4.79 Å². The van der Waals surface area contributed by atoms with Gasteiger partial charge in [-0.1, -0.05) is 17.7 Å².